The number of hydrogen-bond acceptors (Lipinski definition) is 5. The molecule has 0 spiro atoms. The number of nitrogens with zero attached hydrogens (tertiary/aromatic N) is 3. The number of fused-ring (bicyclic) bond motifs is 1. The molecule has 1 saturated heterocycles. The van der Waals surface area contributed by atoms with Crippen molar-refractivity contribution in [1.82, 2.24) is 14.5 Å². The van der Waals surface area contributed by atoms with Crippen LogP contribution in [-0.2, 0) is 16.1 Å². The Bertz CT molecular complexity index is 1060. The Balaban J connectivity index is 1.49. The molecule has 150 valence electrons. The number of carbonyl (C=O) groups is 1. The molecule has 7 nitrogen and oxygen atoms in total. The van der Waals surface area contributed by atoms with Crippen molar-refractivity contribution >= 4 is 34.5 Å². The molecule has 3 aromatic rings. The number of aromatic amines is 1. The number of carbonyl (C=O) groups excluding carboxylic acids is 1. The van der Waals surface area contributed by atoms with Crippen molar-refractivity contribution in [2.45, 2.75) is 44.5 Å². The Morgan fingerprint density at radius 2 is 2.28 bits per heavy atom. The molecule has 1 unspecified atom stereocenters. The lowest BCUT2D eigenvalue weighted by molar-refractivity contribution is -0.113. The molecule has 1 aromatic carbocycles. The van der Waals surface area contributed by atoms with E-state index < -0.39 is 0 Å². The molecule has 8 heteroatoms. The molecule has 4 rings (SSSR count). The Kier molecular flexibility index (Phi) is 5.60. The molecule has 2 aromatic heterocycles. The standard InChI is InChI=1S/C21H23N5O2S/c1-13-14(2)26(11-15-6-5-9-28-15)20(16(13)10-22)25-19(27)12-29-21-23-17-7-3-4-8-18(17)24-21/h3-4,7-8,15H,5-6,9,11-12H2,1-2H3,(H,23,24)(H,25,27). The smallest absolute Gasteiger partial charge is 0.235 e. The predicted molar refractivity (Wildman–Crippen MR) is 113 cm³/mol. The monoisotopic (exact) mass is 409 g/mol. The summed E-state index contributed by atoms with van der Waals surface area (Å²) in [6.45, 7) is 5.30. The molecule has 1 amide bonds. The maximum atomic E-state index is 12.7. The van der Waals surface area contributed by atoms with E-state index in [2.05, 4.69) is 21.4 Å². The van der Waals surface area contributed by atoms with E-state index in [1.807, 2.05) is 42.7 Å². The SMILES string of the molecule is Cc1c(C#N)c(NC(=O)CSc2nc3ccccc3[nH]2)n(CC2CCCO2)c1C. The first-order valence-corrected chi connectivity index (χ1v) is 10.6. The largest absolute Gasteiger partial charge is 0.376 e. The van der Waals surface area contributed by atoms with Crippen LogP contribution in [0.3, 0.4) is 0 Å². The summed E-state index contributed by atoms with van der Waals surface area (Å²) in [5.41, 5.74) is 4.21. The second-order valence-corrected chi connectivity index (χ2v) is 8.15. The molecule has 0 aliphatic carbocycles. The first-order valence-electron chi connectivity index (χ1n) is 9.65. The van der Waals surface area contributed by atoms with E-state index in [1.165, 1.54) is 11.8 Å². The minimum atomic E-state index is -0.168. The molecular formula is C21H23N5O2S. The van der Waals surface area contributed by atoms with Crippen molar-refractivity contribution < 1.29 is 9.53 Å². The van der Waals surface area contributed by atoms with Crippen molar-refractivity contribution in [3.8, 4) is 6.07 Å². The number of nitriles is 1. The van der Waals surface area contributed by atoms with Gasteiger partial charge in [-0.15, -0.1) is 0 Å². The third-order valence-corrected chi connectivity index (χ3v) is 6.19. The molecule has 2 N–H and O–H groups in total. The number of hydrogen-bond donors (Lipinski definition) is 2. The summed E-state index contributed by atoms with van der Waals surface area (Å²) >= 11 is 1.34. The summed E-state index contributed by atoms with van der Waals surface area (Å²) in [4.78, 5) is 20.3. The minimum Gasteiger partial charge on any atom is -0.376 e. The summed E-state index contributed by atoms with van der Waals surface area (Å²) in [6.07, 6.45) is 2.16. The van der Waals surface area contributed by atoms with E-state index in [1.54, 1.807) is 0 Å². The topological polar surface area (TPSA) is 95.7 Å². The number of aromatic nitrogens is 3. The van der Waals surface area contributed by atoms with E-state index in [-0.39, 0.29) is 17.8 Å². The van der Waals surface area contributed by atoms with E-state index in [9.17, 15) is 10.1 Å². The minimum absolute atomic E-state index is 0.118. The number of nitrogens with one attached hydrogen (secondary N) is 2. The lowest BCUT2D eigenvalue weighted by Gasteiger charge is -2.16. The molecule has 1 aliphatic rings. The number of anilines is 1. The van der Waals surface area contributed by atoms with Crippen LogP contribution >= 0.6 is 11.8 Å². The van der Waals surface area contributed by atoms with Crippen LogP contribution in [0.5, 0.6) is 0 Å². The number of imidazole rings is 1. The maximum absolute atomic E-state index is 12.7. The Morgan fingerprint density at radius 1 is 1.45 bits per heavy atom. The van der Waals surface area contributed by atoms with Gasteiger partial charge in [0.1, 0.15) is 11.9 Å². The highest BCUT2D eigenvalue weighted by Crippen LogP contribution is 2.29. The maximum Gasteiger partial charge on any atom is 0.235 e. The lowest BCUT2D eigenvalue weighted by atomic mass is 10.2. The van der Waals surface area contributed by atoms with Crippen LogP contribution in [0, 0.1) is 25.2 Å². The molecule has 1 atom stereocenters. The van der Waals surface area contributed by atoms with Crippen molar-refractivity contribution in [2.24, 2.45) is 0 Å². The van der Waals surface area contributed by atoms with Crippen LogP contribution in [0.4, 0.5) is 5.82 Å². The number of ether oxygens (including phenoxy) is 1. The lowest BCUT2D eigenvalue weighted by Crippen LogP contribution is -2.22. The van der Waals surface area contributed by atoms with E-state index >= 15 is 0 Å². The van der Waals surface area contributed by atoms with Gasteiger partial charge in [-0.05, 0) is 44.4 Å². The van der Waals surface area contributed by atoms with E-state index in [0.29, 0.717) is 23.1 Å². The van der Waals surface area contributed by atoms with Gasteiger partial charge in [-0.2, -0.15) is 5.26 Å². The van der Waals surface area contributed by atoms with Crippen molar-refractivity contribution in [3.05, 3.63) is 41.1 Å². The zero-order valence-corrected chi connectivity index (χ0v) is 17.3. The number of thioether (sulfide) groups is 1. The van der Waals surface area contributed by atoms with E-state index in [0.717, 1.165) is 41.7 Å². The van der Waals surface area contributed by atoms with Gasteiger partial charge in [0.2, 0.25) is 5.91 Å². The zero-order chi connectivity index (χ0) is 20.4. The van der Waals surface area contributed by atoms with Crippen LogP contribution in [0.25, 0.3) is 11.0 Å². The molecule has 29 heavy (non-hydrogen) atoms. The number of benzene rings is 1. The summed E-state index contributed by atoms with van der Waals surface area (Å²) < 4.78 is 7.76. The van der Waals surface area contributed by atoms with Crippen LogP contribution in [0.1, 0.15) is 29.7 Å². The van der Waals surface area contributed by atoms with Gasteiger partial charge < -0.3 is 19.6 Å². The van der Waals surface area contributed by atoms with Crippen molar-refractivity contribution in [1.29, 1.82) is 5.26 Å². The molecular weight excluding hydrogens is 386 g/mol. The van der Waals surface area contributed by atoms with Gasteiger partial charge in [-0.3, -0.25) is 4.79 Å². The zero-order valence-electron chi connectivity index (χ0n) is 16.5. The fourth-order valence-electron chi connectivity index (χ4n) is 3.65. The van der Waals surface area contributed by atoms with Crippen LogP contribution in [-0.4, -0.2) is 38.9 Å². The van der Waals surface area contributed by atoms with Gasteiger partial charge in [0.25, 0.3) is 0 Å². The highest BCUT2D eigenvalue weighted by molar-refractivity contribution is 7.99. The summed E-state index contributed by atoms with van der Waals surface area (Å²) in [5.74, 6) is 0.597. The van der Waals surface area contributed by atoms with Crippen LogP contribution in [0.2, 0.25) is 0 Å². The van der Waals surface area contributed by atoms with Gasteiger partial charge in [0, 0.05) is 12.3 Å². The van der Waals surface area contributed by atoms with Crippen LogP contribution < -0.4 is 5.32 Å². The predicted octanol–water partition coefficient (Wildman–Crippen LogP) is 3.76. The average Bonchev–Trinajstić information content (AvgIpc) is 3.42. The summed E-state index contributed by atoms with van der Waals surface area (Å²) in [6, 6.07) is 10.0. The van der Waals surface area contributed by atoms with Gasteiger partial charge in [-0.1, -0.05) is 23.9 Å². The third-order valence-electron chi connectivity index (χ3n) is 5.32. The van der Waals surface area contributed by atoms with Crippen LogP contribution in [0.15, 0.2) is 29.4 Å². The molecule has 0 bridgehead atoms. The summed E-state index contributed by atoms with van der Waals surface area (Å²) in [7, 11) is 0. The molecule has 3 heterocycles. The Morgan fingerprint density at radius 3 is 3.00 bits per heavy atom. The first kappa shape index (κ1) is 19.6. The van der Waals surface area contributed by atoms with Crippen molar-refractivity contribution in [2.75, 3.05) is 17.7 Å². The fourth-order valence-corrected chi connectivity index (χ4v) is 4.34. The number of rotatable bonds is 6. The van der Waals surface area contributed by atoms with Crippen molar-refractivity contribution in [3.63, 3.8) is 0 Å². The van der Waals surface area contributed by atoms with E-state index in [4.69, 9.17) is 4.74 Å². The second-order valence-electron chi connectivity index (χ2n) is 7.19. The van der Waals surface area contributed by atoms with Gasteiger partial charge in [-0.25, -0.2) is 4.98 Å². The Hall–Kier alpha value is -2.76. The molecule has 0 saturated carbocycles. The molecule has 1 fully saturated rings. The third kappa shape index (κ3) is 4.02. The number of amides is 1. The van der Waals surface area contributed by atoms with Gasteiger partial charge in [0.05, 0.1) is 35.0 Å². The normalized spacial score (nSPS) is 16.2. The molecule has 0 radical (unpaired) electrons. The fraction of sp³-hybridized carbons (Fsp3) is 0.381. The van der Waals surface area contributed by atoms with Gasteiger partial charge >= 0.3 is 0 Å². The van der Waals surface area contributed by atoms with Gasteiger partial charge in [0.15, 0.2) is 5.16 Å². The second kappa shape index (κ2) is 8.31. The highest BCUT2D eigenvalue weighted by Gasteiger charge is 2.24. The number of H-pyrrole nitrogens is 1. The quantitative estimate of drug-likeness (QED) is 0.604. The Labute approximate surface area is 173 Å². The molecule has 1 aliphatic heterocycles. The number of para-hydroxylation sites is 2. The first-order chi connectivity index (χ1) is 14.1. The summed E-state index contributed by atoms with van der Waals surface area (Å²) in [5, 5.41) is 13.3. The average molecular weight is 410 g/mol. The highest BCUT2D eigenvalue weighted by atomic mass is 32.2.